The summed E-state index contributed by atoms with van der Waals surface area (Å²) < 4.78 is 0. The van der Waals surface area contributed by atoms with E-state index in [1.54, 1.807) is 36.0 Å². The molecule has 1 aliphatic heterocycles. The molecule has 1 aliphatic rings. The van der Waals surface area contributed by atoms with Crippen molar-refractivity contribution >= 4 is 23.6 Å². The lowest BCUT2D eigenvalue weighted by molar-refractivity contribution is 0.0652. The predicted octanol–water partition coefficient (Wildman–Crippen LogP) is 2.28. The topological polar surface area (TPSA) is 79.0 Å². The number of hydrogen-bond donors (Lipinski definition) is 1. The highest BCUT2D eigenvalue weighted by Crippen LogP contribution is 2.23. The number of aryl methyl sites for hydroxylation is 1. The number of imide groups is 1. The highest BCUT2D eigenvalue weighted by molar-refractivity contribution is 7.99. The van der Waals surface area contributed by atoms with Crippen molar-refractivity contribution in [2.24, 2.45) is 0 Å². The number of carbonyl (C=O) groups is 2. The van der Waals surface area contributed by atoms with E-state index in [-0.39, 0.29) is 11.8 Å². The number of nitrogens with zero attached hydrogens (tertiary/aromatic N) is 3. The molecule has 0 spiro atoms. The fraction of sp³-hybridized carbons (Fsp3) is 0.333. The smallest absolute Gasteiger partial charge is 0.261 e. The first-order valence-electron chi connectivity index (χ1n) is 7.14. The number of benzene rings is 1. The van der Waals surface area contributed by atoms with Gasteiger partial charge in [0, 0.05) is 12.3 Å². The van der Waals surface area contributed by atoms with Crippen LogP contribution in [-0.4, -0.2) is 44.2 Å². The summed E-state index contributed by atoms with van der Waals surface area (Å²) >= 11 is 1.57. The minimum Gasteiger partial charge on any atom is -0.274 e. The Kier molecular flexibility index (Phi) is 4.24. The number of rotatable bonds is 6. The normalized spacial score (nSPS) is 13.8. The fourth-order valence-corrected chi connectivity index (χ4v) is 3.21. The molecule has 114 valence electrons. The number of aromatic nitrogens is 3. The molecular formula is C15H16N4O2S. The van der Waals surface area contributed by atoms with E-state index in [9.17, 15) is 9.59 Å². The zero-order valence-electron chi connectivity index (χ0n) is 12.2. The molecule has 6 nitrogen and oxygen atoms in total. The maximum atomic E-state index is 12.2. The molecule has 0 bridgehead atoms. The van der Waals surface area contributed by atoms with Crippen LogP contribution in [0, 0.1) is 6.92 Å². The first-order valence-corrected chi connectivity index (χ1v) is 8.12. The predicted molar refractivity (Wildman–Crippen MR) is 82.9 cm³/mol. The molecule has 0 fully saturated rings. The molecule has 0 saturated heterocycles. The van der Waals surface area contributed by atoms with Crippen LogP contribution in [0.1, 0.15) is 39.4 Å². The van der Waals surface area contributed by atoms with Crippen molar-refractivity contribution in [3.63, 3.8) is 0 Å². The van der Waals surface area contributed by atoms with Crippen molar-refractivity contribution in [2.75, 3.05) is 12.3 Å². The summed E-state index contributed by atoms with van der Waals surface area (Å²) in [5.74, 6) is 1.30. The second-order valence-electron chi connectivity index (χ2n) is 5.07. The van der Waals surface area contributed by atoms with E-state index in [0.29, 0.717) is 17.7 Å². The van der Waals surface area contributed by atoms with Gasteiger partial charge in [-0.1, -0.05) is 23.9 Å². The Morgan fingerprint density at radius 2 is 1.82 bits per heavy atom. The molecule has 0 unspecified atom stereocenters. The van der Waals surface area contributed by atoms with Gasteiger partial charge in [-0.25, -0.2) is 4.98 Å². The largest absolute Gasteiger partial charge is 0.274 e. The quantitative estimate of drug-likeness (QED) is 0.502. The minimum atomic E-state index is -0.183. The first-order chi connectivity index (χ1) is 10.7. The van der Waals surface area contributed by atoms with E-state index < -0.39 is 0 Å². The number of nitrogens with one attached hydrogen (secondary N) is 1. The van der Waals surface area contributed by atoms with E-state index in [4.69, 9.17) is 0 Å². The third-order valence-corrected chi connectivity index (χ3v) is 4.40. The summed E-state index contributed by atoms with van der Waals surface area (Å²) in [6.07, 6.45) is 1.67. The van der Waals surface area contributed by atoms with Crippen molar-refractivity contribution in [1.29, 1.82) is 0 Å². The Balaban J connectivity index is 1.47. The monoisotopic (exact) mass is 316 g/mol. The van der Waals surface area contributed by atoms with E-state index in [1.807, 2.05) is 6.92 Å². The van der Waals surface area contributed by atoms with Gasteiger partial charge < -0.3 is 0 Å². The molecule has 0 saturated carbocycles. The van der Waals surface area contributed by atoms with Crippen LogP contribution in [0.4, 0.5) is 0 Å². The average Bonchev–Trinajstić information content (AvgIpc) is 3.04. The number of carbonyl (C=O) groups excluding carboxylic acids is 2. The minimum absolute atomic E-state index is 0.183. The zero-order valence-corrected chi connectivity index (χ0v) is 13.0. The van der Waals surface area contributed by atoms with Crippen LogP contribution in [0.5, 0.6) is 0 Å². The summed E-state index contributed by atoms with van der Waals surface area (Å²) in [4.78, 5) is 29.9. The van der Waals surface area contributed by atoms with E-state index >= 15 is 0 Å². The molecule has 2 amide bonds. The summed E-state index contributed by atoms with van der Waals surface area (Å²) in [6, 6.07) is 6.97. The second-order valence-corrected chi connectivity index (χ2v) is 6.13. The number of amides is 2. The van der Waals surface area contributed by atoms with E-state index in [1.165, 1.54) is 4.90 Å². The van der Waals surface area contributed by atoms with Gasteiger partial charge in [0.2, 0.25) is 5.16 Å². The Labute approximate surface area is 132 Å². The molecule has 1 aromatic carbocycles. The lowest BCUT2D eigenvalue weighted by atomic mass is 10.1. The Bertz CT molecular complexity index is 678. The van der Waals surface area contributed by atoms with Gasteiger partial charge in [0.1, 0.15) is 5.82 Å². The number of thioether (sulfide) groups is 1. The molecule has 2 heterocycles. The summed E-state index contributed by atoms with van der Waals surface area (Å²) in [6.45, 7) is 2.32. The van der Waals surface area contributed by atoms with Crippen molar-refractivity contribution in [2.45, 2.75) is 24.9 Å². The van der Waals surface area contributed by atoms with Gasteiger partial charge in [0.25, 0.3) is 11.8 Å². The molecule has 7 heteroatoms. The van der Waals surface area contributed by atoms with Crippen LogP contribution in [0.25, 0.3) is 0 Å². The summed E-state index contributed by atoms with van der Waals surface area (Å²) in [5, 5.41) is 7.58. The lowest BCUT2D eigenvalue weighted by Gasteiger charge is -2.13. The van der Waals surface area contributed by atoms with E-state index in [2.05, 4.69) is 15.2 Å². The van der Waals surface area contributed by atoms with Gasteiger partial charge in [-0.15, -0.1) is 5.10 Å². The van der Waals surface area contributed by atoms with Crippen LogP contribution < -0.4 is 0 Å². The molecule has 2 aromatic rings. The molecule has 1 aromatic heterocycles. The maximum Gasteiger partial charge on any atom is 0.261 e. The third kappa shape index (κ3) is 2.89. The Morgan fingerprint density at radius 3 is 2.41 bits per heavy atom. The number of fused-ring (bicyclic) bond motifs is 1. The fourth-order valence-electron chi connectivity index (χ4n) is 2.36. The molecule has 0 aliphatic carbocycles. The first kappa shape index (κ1) is 14.8. The summed E-state index contributed by atoms with van der Waals surface area (Å²) in [5.41, 5.74) is 1.02. The Hall–Kier alpha value is -2.15. The molecule has 1 N–H and O–H groups in total. The van der Waals surface area contributed by atoms with Crippen molar-refractivity contribution in [1.82, 2.24) is 20.1 Å². The molecule has 0 atom stereocenters. The lowest BCUT2D eigenvalue weighted by Crippen LogP contribution is -2.30. The third-order valence-electron chi connectivity index (χ3n) is 3.46. The molecule has 0 radical (unpaired) electrons. The zero-order chi connectivity index (χ0) is 15.5. The van der Waals surface area contributed by atoms with Gasteiger partial charge in [-0.3, -0.25) is 19.6 Å². The summed E-state index contributed by atoms with van der Waals surface area (Å²) in [7, 11) is 0. The van der Waals surface area contributed by atoms with Gasteiger partial charge in [-0.05, 0) is 31.9 Å². The Morgan fingerprint density at radius 1 is 1.14 bits per heavy atom. The van der Waals surface area contributed by atoms with Gasteiger partial charge in [-0.2, -0.15) is 0 Å². The van der Waals surface area contributed by atoms with Gasteiger partial charge in [0.15, 0.2) is 0 Å². The maximum absolute atomic E-state index is 12.2. The molecule has 22 heavy (non-hydrogen) atoms. The number of hydrogen-bond acceptors (Lipinski definition) is 5. The molecule has 3 rings (SSSR count). The van der Waals surface area contributed by atoms with Crippen LogP contribution in [0.2, 0.25) is 0 Å². The van der Waals surface area contributed by atoms with Crippen LogP contribution >= 0.6 is 11.8 Å². The standard InChI is InChI=1S/C15H16N4O2S/c1-10-16-15(18-17-10)22-9-5-4-8-19-13(20)11-6-2-3-7-12(11)14(19)21/h2-3,6-7H,4-5,8-9H2,1H3,(H,16,17,18). The average molecular weight is 316 g/mol. The van der Waals surface area contributed by atoms with Crippen LogP contribution in [-0.2, 0) is 0 Å². The number of H-pyrrole nitrogens is 1. The van der Waals surface area contributed by atoms with Crippen LogP contribution in [0.3, 0.4) is 0 Å². The van der Waals surface area contributed by atoms with Gasteiger partial charge in [0.05, 0.1) is 11.1 Å². The highest BCUT2D eigenvalue weighted by atomic mass is 32.2. The van der Waals surface area contributed by atoms with Crippen molar-refractivity contribution in [3.05, 3.63) is 41.2 Å². The van der Waals surface area contributed by atoms with E-state index in [0.717, 1.165) is 29.6 Å². The number of aromatic amines is 1. The number of unbranched alkanes of at least 4 members (excludes halogenated alkanes) is 1. The van der Waals surface area contributed by atoms with Crippen LogP contribution in [0.15, 0.2) is 29.4 Å². The SMILES string of the molecule is Cc1nc(SCCCCN2C(=O)c3ccccc3C2=O)n[nH]1. The van der Waals surface area contributed by atoms with Crippen molar-refractivity contribution < 1.29 is 9.59 Å². The van der Waals surface area contributed by atoms with Crippen molar-refractivity contribution in [3.8, 4) is 0 Å². The second kappa shape index (κ2) is 6.31. The van der Waals surface area contributed by atoms with Gasteiger partial charge >= 0.3 is 0 Å². The highest BCUT2D eigenvalue weighted by Gasteiger charge is 2.34. The molecular weight excluding hydrogens is 300 g/mol.